The third-order valence-corrected chi connectivity index (χ3v) is 6.73. The van der Waals surface area contributed by atoms with E-state index in [0.29, 0.717) is 57.2 Å². The van der Waals surface area contributed by atoms with Crippen molar-refractivity contribution >= 4 is 16.0 Å². The number of carboxylic acid groups (broad SMARTS) is 1. The van der Waals surface area contributed by atoms with Gasteiger partial charge in [0.15, 0.2) is 11.5 Å². The van der Waals surface area contributed by atoms with Crippen molar-refractivity contribution in [3.63, 3.8) is 0 Å². The molecule has 26 heavy (non-hydrogen) atoms. The zero-order valence-corrected chi connectivity index (χ0v) is 15.6. The maximum absolute atomic E-state index is 12.9. The molecule has 0 spiro atoms. The van der Waals surface area contributed by atoms with Crippen molar-refractivity contribution in [3.05, 3.63) is 18.2 Å². The first-order chi connectivity index (χ1) is 12.4. The van der Waals surface area contributed by atoms with E-state index in [1.807, 2.05) is 11.8 Å². The number of ether oxygens (including phenoxy) is 2. The predicted molar refractivity (Wildman–Crippen MR) is 94.1 cm³/mol. The van der Waals surface area contributed by atoms with Gasteiger partial charge in [0.25, 0.3) is 0 Å². The molecule has 0 saturated carbocycles. The highest BCUT2D eigenvalue weighted by molar-refractivity contribution is 7.89. The lowest BCUT2D eigenvalue weighted by Gasteiger charge is -2.36. The van der Waals surface area contributed by atoms with Gasteiger partial charge in [0.2, 0.25) is 10.0 Å². The first kappa shape index (κ1) is 18.9. The molecular formula is C17H24N2O6S. The summed E-state index contributed by atoms with van der Waals surface area (Å²) in [7, 11) is -3.61. The number of carbonyl (C=O) groups is 1. The molecule has 0 atom stereocenters. The number of benzene rings is 1. The normalized spacial score (nSPS) is 18.8. The molecule has 2 aliphatic rings. The van der Waals surface area contributed by atoms with Crippen LogP contribution in [-0.2, 0) is 14.8 Å². The number of carboxylic acids is 1. The fourth-order valence-electron chi connectivity index (χ4n) is 3.45. The van der Waals surface area contributed by atoms with Crippen LogP contribution < -0.4 is 9.47 Å². The van der Waals surface area contributed by atoms with Gasteiger partial charge < -0.3 is 14.6 Å². The Morgan fingerprint density at radius 3 is 2.50 bits per heavy atom. The standard InChI is InChI=1S/C17H24N2O6S/c1-2-18(12-17(20)21)13-5-7-19(8-6-13)26(22,23)14-3-4-15-16(11-14)25-10-9-24-15/h3-4,11,13H,2,5-10,12H2,1H3,(H,20,21). The Balaban J connectivity index is 1.69. The van der Waals surface area contributed by atoms with Gasteiger partial charge in [-0.25, -0.2) is 8.42 Å². The molecule has 1 fully saturated rings. The molecule has 1 N–H and O–H groups in total. The summed E-state index contributed by atoms with van der Waals surface area (Å²) < 4.78 is 38.2. The Labute approximate surface area is 153 Å². The summed E-state index contributed by atoms with van der Waals surface area (Å²) in [5, 5.41) is 9.00. The lowest BCUT2D eigenvalue weighted by Crippen LogP contribution is -2.48. The minimum atomic E-state index is -3.61. The van der Waals surface area contributed by atoms with Crippen LogP contribution in [0.4, 0.5) is 0 Å². The number of hydrogen-bond acceptors (Lipinski definition) is 6. The highest BCUT2D eigenvalue weighted by Crippen LogP contribution is 2.33. The first-order valence-corrected chi connectivity index (χ1v) is 10.2. The summed E-state index contributed by atoms with van der Waals surface area (Å²) in [6, 6.07) is 4.76. The van der Waals surface area contributed by atoms with Crippen LogP contribution in [0.1, 0.15) is 19.8 Å². The third-order valence-electron chi connectivity index (χ3n) is 4.84. The molecular weight excluding hydrogens is 360 g/mol. The van der Waals surface area contributed by atoms with Crippen molar-refractivity contribution in [1.29, 1.82) is 0 Å². The highest BCUT2D eigenvalue weighted by atomic mass is 32.2. The largest absolute Gasteiger partial charge is 0.486 e. The lowest BCUT2D eigenvalue weighted by molar-refractivity contribution is -0.139. The smallest absolute Gasteiger partial charge is 0.317 e. The average molecular weight is 384 g/mol. The van der Waals surface area contributed by atoms with Gasteiger partial charge in [-0.3, -0.25) is 9.69 Å². The zero-order chi connectivity index (χ0) is 18.7. The Kier molecular flexibility index (Phi) is 5.69. The summed E-state index contributed by atoms with van der Waals surface area (Å²) in [5.41, 5.74) is 0. The van der Waals surface area contributed by atoms with Gasteiger partial charge in [0.05, 0.1) is 11.4 Å². The molecule has 0 bridgehead atoms. The average Bonchev–Trinajstić information content (AvgIpc) is 2.65. The van der Waals surface area contributed by atoms with Crippen molar-refractivity contribution in [3.8, 4) is 11.5 Å². The maximum Gasteiger partial charge on any atom is 0.317 e. The Bertz CT molecular complexity index is 759. The van der Waals surface area contributed by atoms with Crippen molar-refractivity contribution in [2.24, 2.45) is 0 Å². The quantitative estimate of drug-likeness (QED) is 0.782. The second kappa shape index (κ2) is 7.81. The maximum atomic E-state index is 12.9. The van der Waals surface area contributed by atoms with E-state index in [4.69, 9.17) is 14.6 Å². The van der Waals surface area contributed by atoms with Crippen LogP contribution in [-0.4, -0.2) is 74.1 Å². The zero-order valence-electron chi connectivity index (χ0n) is 14.8. The van der Waals surface area contributed by atoms with Gasteiger partial charge in [-0.1, -0.05) is 6.92 Å². The van der Waals surface area contributed by atoms with E-state index >= 15 is 0 Å². The van der Waals surface area contributed by atoms with E-state index in [-0.39, 0.29) is 17.5 Å². The molecule has 8 nitrogen and oxygen atoms in total. The van der Waals surface area contributed by atoms with Crippen LogP contribution in [0.3, 0.4) is 0 Å². The number of hydrogen-bond donors (Lipinski definition) is 1. The summed E-state index contributed by atoms with van der Waals surface area (Å²) in [4.78, 5) is 13.0. The van der Waals surface area contributed by atoms with Crippen molar-refractivity contribution in [2.45, 2.75) is 30.7 Å². The van der Waals surface area contributed by atoms with Crippen molar-refractivity contribution in [2.75, 3.05) is 39.4 Å². The second-order valence-electron chi connectivity index (χ2n) is 6.40. The van der Waals surface area contributed by atoms with Gasteiger partial charge in [0, 0.05) is 25.2 Å². The molecule has 9 heteroatoms. The number of nitrogens with zero attached hydrogens (tertiary/aromatic N) is 2. The lowest BCUT2D eigenvalue weighted by atomic mass is 10.0. The minimum absolute atomic E-state index is 0.0178. The molecule has 1 saturated heterocycles. The monoisotopic (exact) mass is 384 g/mol. The minimum Gasteiger partial charge on any atom is -0.486 e. The molecule has 1 aromatic rings. The molecule has 0 aliphatic carbocycles. The predicted octanol–water partition coefficient (Wildman–Crippen LogP) is 1.02. The number of rotatable bonds is 6. The summed E-state index contributed by atoms with van der Waals surface area (Å²) in [6.45, 7) is 4.13. The topological polar surface area (TPSA) is 96.4 Å². The fourth-order valence-corrected chi connectivity index (χ4v) is 4.94. The van der Waals surface area contributed by atoms with Gasteiger partial charge >= 0.3 is 5.97 Å². The molecule has 0 unspecified atom stereocenters. The Hall–Kier alpha value is -1.84. The summed E-state index contributed by atoms with van der Waals surface area (Å²) in [5.74, 6) is 0.144. The van der Waals surface area contributed by atoms with E-state index in [1.165, 1.54) is 16.4 Å². The SMILES string of the molecule is CCN(CC(=O)O)C1CCN(S(=O)(=O)c2ccc3c(c2)OCCO3)CC1. The molecule has 0 amide bonds. The number of piperidine rings is 1. The van der Waals surface area contributed by atoms with Crippen LogP contribution in [0.2, 0.25) is 0 Å². The summed E-state index contributed by atoms with van der Waals surface area (Å²) in [6.07, 6.45) is 1.23. The van der Waals surface area contributed by atoms with E-state index in [1.54, 1.807) is 6.07 Å². The van der Waals surface area contributed by atoms with Crippen molar-refractivity contribution < 1.29 is 27.8 Å². The second-order valence-corrected chi connectivity index (χ2v) is 8.34. The molecule has 1 aromatic carbocycles. The van der Waals surface area contributed by atoms with E-state index in [2.05, 4.69) is 0 Å². The van der Waals surface area contributed by atoms with Gasteiger partial charge in [-0.05, 0) is 31.5 Å². The van der Waals surface area contributed by atoms with E-state index in [9.17, 15) is 13.2 Å². The molecule has 144 valence electrons. The van der Waals surface area contributed by atoms with Crippen LogP contribution in [0.5, 0.6) is 11.5 Å². The van der Waals surface area contributed by atoms with E-state index in [0.717, 1.165) is 0 Å². The van der Waals surface area contributed by atoms with Crippen LogP contribution in [0.15, 0.2) is 23.1 Å². The van der Waals surface area contributed by atoms with Crippen molar-refractivity contribution in [1.82, 2.24) is 9.21 Å². The molecule has 0 radical (unpaired) electrons. The summed E-state index contributed by atoms with van der Waals surface area (Å²) >= 11 is 0. The fraction of sp³-hybridized carbons (Fsp3) is 0.588. The van der Waals surface area contributed by atoms with Crippen LogP contribution >= 0.6 is 0 Å². The van der Waals surface area contributed by atoms with Gasteiger partial charge in [-0.15, -0.1) is 0 Å². The van der Waals surface area contributed by atoms with Gasteiger partial charge in [-0.2, -0.15) is 4.31 Å². The molecule has 2 aliphatic heterocycles. The number of likely N-dealkylation sites (N-methyl/N-ethyl adjacent to an activating group) is 1. The Morgan fingerprint density at radius 2 is 1.88 bits per heavy atom. The van der Waals surface area contributed by atoms with Crippen LogP contribution in [0.25, 0.3) is 0 Å². The molecule has 3 rings (SSSR count). The number of fused-ring (bicyclic) bond motifs is 1. The number of aliphatic carboxylic acids is 1. The highest BCUT2D eigenvalue weighted by Gasteiger charge is 2.32. The first-order valence-electron chi connectivity index (χ1n) is 8.77. The molecule has 0 aromatic heterocycles. The van der Waals surface area contributed by atoms with E-state index < -0.39 is 16.0 Å². The number of sulfonamides is 1. The van der Waals surface area contributed by atoms with Gasteiger partial charge in [0.1, 0.15) is 13.2 Å². The third kappa shape index (κ3) is 3.94. The molecule has 2 heterocycles. The van der Waals surface area contributed by atoms with Crippen LogP contribution in [0, 0.1) is 0 Å². The Morgan fingerprint density at radius 1 is 1.23 bits per heavy atom.